The molecule has 0 atom stereocenters. The number of amides is 2. The number of likely N-dealkylation sites (N-methyl/N-ethyl adjacent to an activating group) is 1. The maximum atomic E-state index is 12.8. The molecule has 1 aliphatic carbocycles. The lowest BCUT2D eigenvalue weighted by Gasteiger charge is -2.39. The summed E-state index contributed by atoms with van der Waals surface area (Å²) in [7, 11) is 1.82. The van der Waals surface area contributed by atoms with Crippen LogP contribution >= 0.6 is 0 Å². The Morgan fingerprint density at radius 3 is 2.72 bits per heavy atom. The van der Waals surface area contributed by atoms with Crippen LogP contribution in [0, 0.1) is 0 Å². The lowest BCUT2D eigenvalue weighted by molar-refractivity contribution is -0.137. The Morgan fingerprint density at radius 2 is 2.04 bits per heavy atom. The highest BCUT2D eigenvalue weighted by Gasteiger charge is 2.43. The highest BCUT2D eigenvalue weighted by atomic mass is 16.5. The van der Waals surface area contributed by atoms with Crippen molar-refractivity contribution in [3.63, 3.8) is 0 Å². The number of rotatable bonds is 3. The van der Waals surface area contributed by atoms with Gasteiger partial charge in [0.25, 0.3) is 5.91 Å². The summed E-state index contributed by atoms with van der Waals surface area (Å²) < 4.78 is 5.74. The number of nitrogens with two attached hydrogens (primary N) is 1. The predicted molar refractivity (Wildman–Crippen MR) is 95.4 cm³/mol. The average Bonchev–Trinajstić information content (AvgIpc) is 2.59. The van der Waals surface area contributed by atoms with Crippen LogP contribution in [0.5, 0.6) is 5.75 Å². The molecule has 2 N–H and O–H groups in total. The highest BCUT2D eigenvalue weighted by Crippen LogP contribution is 2.36. The van der Waals surface area contributed by atoms with Gasteiger partial charge in [0.05, 0.1) is 0 Å². The van der Waals surface area contributed by atoms with E-state index in [1.54, 1.807) is 30.9 Å². The molecular formula is C18H26N4O3. The summed E-state index contributed by atoms with van der Waals surface area (Å²) in [6.07, 6.45) is 5.56. The lowest BCUT2D eigenvalue weighted by atomic mass is 9.94. The number of hydrogen-bond donors (Lipinski definition) is 1. The Morgan fingerprint density at radius 1 is 1.36 bits per heavy atom. The minimum Gasteiger partial charge on any atom is -0.474 e. The zero-order valence-corrected chi connectivity index (χ0v) is 15.1. The zero-order chi connectivity index (χ0) is 18.2. The van der Waals surface area contributed by atoms with Crippen LogP contribution < -0.4 is 15.4 Å². The Kier molecular flexibility index (Phi) is 4.58. The van der Waals surface area contributed by atoms with Gasteiger partial charge in [-0.3, -0.25) is 14.5 Å². The van der Waals surface area contributed by atoms with E-state index in [9.17, 15) is 9.59 Å². The fraction of sp³-hybridized carbons (Fsp3) is 0.611. The number of ether oxygens (including phenoxy) is 1. The number of carbonyl (C=O) groups is 2. The van der Waals surface area contributed by atoms with Gasteiger partial charge < -0.3 is 15.4 Å². The molecule has 0 bridgehead atoms. The lowest BCUT2D eigenvalue weighted by Crippen LogP contribution is -2.56. The van der Waals surface area contributed by atoms with Crippen LogP contribution in [0.3, 0.4) is 0 Å². The normalized spacial score (nSPS) is 20.0. The SMILES string of the molecule is CN(C(=O)CN1C(=O)C(C)(C)Oc2ccc(N)nc21)C1CCCCC1. The summed E-state index contributed by atoms with van der Waals surface area (Å²) >= 11 is 0. The molecule has 25 heavy (non-hydrogen) atoms. The molecule has 3 rings (SSSR count). The summed E-state index contributed by atoms with van der Waals surface area (Å²) in [6.45, 7) is 3.33. The van der Waals surface area contributed by atoms with Crippen LogP contribution in [0.2, 0.25) is 0 Å². The summed E-state index contributed by atoms with van der Waals surface area (Å²) in [4.78, 5) is 33.0. The van der Waals surface area contributed by atoms with Crippen molar-refractivity contribution in [1.82, 2.24) is 9.88 Å². The number of carbonyl (C=O) groups excluding carboxylic acids is 2. The average molecular weight is 346 g/mol. The molecule has 0 radical (unpaired) electrons. The number of fused-ring (bicyclic) bond motifs is 1. The number of pyridine rings is 1. The van der Waals surface area contributed by atoms with Crippen molar-refractivity contribution in [1.29, 1.82) is 0 Å². The van der Waals surface area contributed by atoms with Gasteiger partial charge in [0.2, 0.25) is 5.91 Å². The summed E-state index contributed by atoms with van der Waals surface area (Å²) in [5.74, 6) is 0.686. The van der Waals surface area contributed by atoms with Crippen LogP contribution in [-0.4, -0.2) is 46.9 Å². The first-order valence-electron chi connectivity index (χ1n) is 8.83. The molecule has 1 aliphatic heterocycles. The summed E-state index contributed by atoms with van der Waals surface area (Å²) in [5.41, 5.74) is 4.72. The Bertz CT molecular complexity index is 683. The molecule has 0 unspecified atom stereocenters. The number of nitrogen functional groups attached to an aromatic ring is 1. The molecule has 7 nitrogen and oxygen atoms in total. The molecule has 0 aromatic carbocycles. The minimum absolute atomic E-state index is 0.0535. The molecule has 1 fully saturated rings. The van der Waals surface area contributed by atoms with Gasteiger partial charge in [-0.05, 0) is 38.8 Å². The molecule has 2 amide bonds. The van der Waals surface area contributed by atoms with Crippen molar-refractivity contribution in [3.05, 3.63) is 12.1 Å². The van der Waals surface area contributed by atoms with Gasteiger partial charge >= 0.3 is 0 Å². The van der Waals surface area contributed by atoms with Crippen molar-refractivity contribution in [2.75, 3.05) is 24.2 Å². The smallest absolute Gasteiger partial charge is 0.272 e. The first-order valence-corrected chi connectivity index (χ1v) is 8.83. The number of nitrogens with zero attached hydrogens (tertiary/aromatic N) is 3. The quantitative estimate of drug-likeness (QED) is 0.904. The second-order valence-corrected chi connectivity index (χ2v) is 7.36. The highest BCUT2D eigenvalue weighted by molar-refractivity contribution is 6.05. The van der Waals surface area contributed by atoms with E-state index in [1.807, 2.05) is 7.05 Å². The summed E-state index contributed by atoms with van der Waals surface area (Å²) in [6, 6.07) is 3.56. The van der Waals surface area contributed by atoms with E-state index in [-0.39, 0.29) is 30.2 Å². The molecule has 0 spiro atoms. The molecule has 2 heterocycles. The first kappa shape index (κ1) is 17.5. The van der Waals surface area contributed by atoms with E-state index in [4.69, 9.17) is 10.5 Å². The molecule has 2 aliphatic rings. The fourth-order valence-electron chi connectivity index (χ4n) is 3.53. The second kappa shape index (κ2) is 6.54. The predicted octanol–water partition coefficient (Wildman–Crippen LogP) is 1.96. The van der Waals surface area contributed by atoms with Crippen molar-refractivity contribution in [2.45, 2.75) is 57.6 Å². The van der Waals surface area contributed by atoms with Crippen molar-refractivity contribution < 1.29 is 14.3 Å². The van der Waals surface area contributed by atoms with E-state index in [1.165, 1.54) is 11.3 Å². The Labute approximate surface area is 148 Å². The minimum atomic E-state index is -1.05. The van der Waals surface area contributed by atoms with E-state index in [2.05, 4.69) is 4.98 Å². The third kappa shape index (κ3) is 3.41. The number of hydrogen-bond acceptors (Lipinski definition) is 5. The Balaban J connectivity index is 1.83. The van der Waals surface area contributed by atoms with E-state index < -0.39 is 5.60 Å². The fourth-order valence-corrected chi connectivity index (χ4v) is 3.53. The van der Waals surface area contributed by atoms with Gasteiger partial charge in [0.1, 0.15) is 12.4 Å². The van der Waals surface area contributed by atoms with Crippen molar-refractivity contribution in [2.24, 2.45) is 0 Å². The standard InChI is InChI=1S/C18H26N4O3/c1-18(2)17(24)22(16-13(25-18)9-10-14(19)20-16)11-15(23)21(3)12-7-5-4-6-8-12/h9-10,12H,4-8,11H2,1-3H3,(H2,19,20). The van der Waals surface area contributed by atoms with E-state index in [0.29, 0.717) is 11.6 Å². The van der Waals surface area contributed by atoms with Gasteiger partial charge in [0.15, 0.2) is 17.2 Å². The third-order valence-corrected chi connectivity index (χ3v) is 5.05. The zero-order valence-electron chi connectivity index (χ0n) is 15.1. The molecule has 1 aromatic rings. The second-order valence-electron chi connectivity index (χ2n) is 7.36. The van der Waals surface area contributed by atoms with Crippen molar-refractivity contribution in [3.8, 4) is 5.75 Å². The van der Waals surface area contributed by atoms with Crippen LogP contribution in [0.25, 0.3) is 0 Å². The maximum Gasteiger partial charge on any atom is 0.272 e. The van der Waals surface area contributed by atoms with Gasteiger partial charge in [-0.25, -0.2) is 4.98 Å². The van der Waals surface area contributed by atoms with Gasteiger partial charge in [-0.1, -0.05) is 19.3 Å². The van der Waals surface area contributed by atoms with Gasteiger partial charge in [-0.2, -0.15) is 0 Å². The first-order chi connectivity index (χ1) is 11.8. The van der Waals surface area contributed by atoms with Crippen LogP contribution in [0.1, 0.15) is 46.0 Å². The van der Waals surface area contributed by atoms with Crippen LogP contribution in [0.4, 0.5) is 11.6 Å². The molecular weight excluding hydrogens is 320 g/mol. The Hall–Kier alpha value is -2.31. The van der Waals surface area contributed by atoms with Crippen molar-refractivity contribution >= 4 is 23.5 Å². The van der Waals surface area contributed by atoms with E-state index in [0.717, 1.165) is 25.7 Å². The molecule has 0 saturated heterocycles. The monoisotopic (exact) mass is 346 g/mol. The number of aromatic nitrogens is 1. The maximum absolute atomic E-state index is 12.8. The molecule has 136 valence electrons. The van der Waals surface area contributed by atoms with E-state index >= 15 is 0 Å². The molecule has 7 heteroatoms. The largest absolute Gasteiger partial charge is 0.474 e. The molecule has 1 aromatic heterocycles. The number of anilines is 2. The topological polar surface area (TPSA) is 88.8 Å². The third-order valence-electron chi connectivity index (χ3n) is 5.05. The van der Waals surface area contributed by atoms with Gasteiger partial charge in [-0.15, -0.1) is 0 Å². The summed E-state index contributed by atoms with van der Waals surface area (Å²) in [5, 5.41) is 0. The van der Waals surface area contributed by atoms with Crippen LogP contribution in [0.15, 0.2) is 12.1 Å². The van der Waals surface area contributed by atoms with Crippen LogP contribution in [-0.2, 0) is 9.59 Å². The molecule has 1 saturated carbocycles. The van der Waals surface area contributed by atoms with Gasteiger partial charge in [0, 0.05) is 13.1 Å².